The molecule has 0 aromatic heterocycles. The van der Waals surface area contributed by atoms with Crippen molar-refractivity contribution in [2.75, 3.05) is 27.2 Å². The van der Waals surface area contributed by atoms with Crippen molar-refractivity contribution in [2.45, 2.75) is 20.3 Å². The summed E-state index contributed by atoms with van der Waals surface area (Å²) >= 11 is 0. The number of carbonyl (C=O) groups is 1. The lowest BCUT2D eigenvalue weighted by atomic mass is 9.91. The zero-order valence-corrected chi connectivity index (χ0v) is 9.42. The zero-order chi connectivity index (χ0) is 11.2. The standard InChI is InChI=1S/C10H19N3O/c1-10(2,8-11)5-6-13(4)7-9(14)12-3/h5-7H2,1-4H3,(H,12,14). The minimum Gasteiger partial charge on any atom is -0.358 e. The molecule has 0 bridgehead atoms. The third-order valence-corrected chi connectivity index (χ3v) is 2.11. The van der Waals surface area contributed by atoms with Gasteiger partial charge in [-0.1, -0.05) is 0 Å². The van der Waals surface area contributed by atoms with E-state index in [1.165, 1.54) is 0 Å². The van der Waals surface area contributed by atoms with Gasteiger partial charge in [-0.2, -0.15) is 5.26 Å². The molecule has 0 spiro atoms. The fourth-order valence-electron chi connectivity index (χ4n) is 0.930. The first kappa shape index (κ1) is 12.9. The quantitative estimate of drug-likeness (QED) is 0.702. The van der Waals surface area contributed by atoms with Gasteiger partial charge in [0.2, 0.25) is 5.91 Å². The molecule has 14 heavy (non-hydrogen) atoms. The second-order valence-electron chi connectivity index (χ2n) is 4.16. The van der Waals surface area contributed by atoms with Crippen molar-refractivity contribution in [3.05, 3.63) is 0 Å². The van der Waals surface area contributed by atoms with E-state index in [2.05, 4.69) is 11.4 Å². The maximum Gasteiger partial charge on any atom is 0.233 e. The van der Waals surface area contributed by atoms with Gasteiger partial charge in [0.15, 0.2) is 0 Å². The molecule has 4 nitrogen and oxygen atoms in total. The number of hydrogen-bond acceptors (Lipinski definition) is 3. The minimum absolute atomic E-state index is 0.00210. The van der Waals surface area contributed by atoms with Gasteiger partial charge in [0.1, 0.15) is 0 Å². The van der Waals surface area contributed by atoms with Crippen LogP contribution in [-0.4, -0.2) is 38.0 Å². The van der Waals surface area contributed by atoms with Gasteiger partial charge < -0.3 is 5.32 Å². The molecule has 0 aromatic carbocycles. The van der Waals surface area contributed by atoms with Gasteiger partial charge in [0.05, 0.1) is 18.0 Å². The largest absolute Gasteiger partial charge is 0.358 e. The van der Waals surface area contributed by atoms with Crippen LogP contribution in [0.15, 0.2) is 0 Å². The van der Waals surface area contributed by atoms with Crippen molar-refractivity contribution in [3.63, 3.8) is 0 Å². The van der Waals surface area contributed by atoms with E-state index in [-0.39, 0.29) is 11.3 Å². The summed E-state index contributed by atoms with van der Waals surface area (Å²) in [4.78, 5) is 12.9. The molecule has 4 heteroatoms. The Morgan fingerprint density at radius 1 is 1.57 bits per heavy atom. The van der Waals surface area contributed by atoms with Gasteiger partial charge in [0.25, 0.3) is 0 Å². The van der Waals surface area contributed by atoms with E-state index >= 15 is 0 Å². The summed E-state index contributed by atoms with van der Waals surface area (Å²) in [6.07, 6.45) is 0.775. The molecular formula is C10H19N3O. The molecule has 1 amide bonds. The van der Waals surface area contributed by atoms with Crippen LogP contribution in [-0.2, 0) is 4.79 Å². The number of rotatable bonds is 5. The molecule has 0 saturated carbocycles. The summed E-state index contributed by atoms with van der Waals surface area (Å²) < 4.78 is 0. The van der Waals surface area contributed by atoms with E-state index in [4.69, 9.17) is 5.26 Å². The first-order valence-electron chi connectivity index (χ1n) is 4.71. The van der Waals surface area contributed by atoms with Gasteiger partial charge in [-0.15, -0.1) is 0 Å². The molecule has 0 aromatic rings. The van der Waals surface area contributed by atoms with Gasteiger partial charge in [-0.05, 0) is 33.9 Å². The maximum atomic E-state index is 11.0. The topological polar surface area (TPSA) is 56.1 Å². The van der Waals surface area contributed by atoms with Crippen LogP contribution in [0.2, 0.25) is 0 Å². The third-order valence-electron chi connectivity index (χ3n) is 2.11. The Bertz CT molecular complexity index is 230. The van der Waals surface area contributed by atoms with E-state index in [0.29, 0.717) is 6.54 Å². The SMILES string of the molecule is CNC(=O)CN(C)CCC(C)(C)C#N. The Balaban J connectivity index is 3.81. The molecule has 0 unspecified atom stereocenters. The van der Waals surface area contributed by atoms with Crippen LogP contribution in [0.1, 0.15) is 20.3 Å². The molecule has 0 aliphatic heterocycles. The number of amides is 1. The monoisotopic (exact) mass is 197 g/mol. The van der Waals surface area contributed by atoms with Gasteiger partial charge >= 0.3 is 0 Å². The van der Waals surface area contributed by atoms with Crippen LogP contribution in [0.5, 0.6) is 0 Å². The number of carbonyl (C=O) groups excluding carboxylic acids is 1. The average molecular weight is 197 g/mol. The lowest BCUT2D eigenvalue weighted by Crippen LogP contribution is -2.34. The smallest absolute Gasteiger partial charge is 0.233 e. The van der Waals surface area contributed by atoms with E-state index in [0.717, 1.165) is 13.0 Å². The van der Waals surface area contributed by atoms with E-state index < -0.39 is 0 Å². The first-order chi connectivity index (χ1) is 6.41. The summed E-state index contributed by atoms with van der Waals surface area (Å²) in [5, 5.41) is 11.3. The maximum absolute atomic E-state index is 11.0. The van der Waals surface area contributed by atoms with E-state index in [1.54, 1.807) is 7.05 Å². The van der Waals surface area contributed by atoms with Crippen molar-refractivity contribution in [2.24, 2.45) is 5.41 Å². The van der Waals surface area contributed by atoms with Crippen LogP contribution in [0.25, 0.3) is 0 Å². The van der Waals surface area contributed by atoms with Crippen molar-refractivity contribution in [3.8, 4) is 6.07 Å². The summed E-state index contributed by atoms with van der Waals surface area (Å²) in [6, 6.07) is 2.24. The van der Waals surface area contributed by atoms with Crippen molar-refractivity contribution < 1.29 is 4.79 Å². The van der Waals surface area contributed by atoms with Crippen LogP contribution in [0.3, 0.4) is 0 Å². The zero-order valence-electron chi connectivity index (χ0n) is 9.42. The summed E-state index contributed by atoms with van der Waals surface area (Å²) in [7, 11) is 3.50. The predicted molar refractivity (Wildman–Crippen MR) is 55.6 cm³/mol. The highest BCUT2D eigenvalue weighted by atomic mass is 16.1. The lowest BCUT2D eigenvalue weighted by molar-refractivity contribution is -0.121. The van der Waals surface area contributed by atoms with E-state index in [9.17, 15) is 4.79 Å². The molecule has 0 atom stereocenters. The number of nitrogens with zero attached hydrogens (tertiary/aromatic N) is 2. The third kappa shape index (κ3) is 5.55. The molecule has 0 rings (SSSR count). The summed E-state index contributed by atoms with van der Waals surface area (Å²) in [6.45, 7) is 4.95. The highest BCUT2D eigenvalue weighted by Gasteiger charge is 2.17. The fraction of sp³-hybridized carbons (Fsp3) is 0.800. The van der Waals surface area contributed by atoms with Crippen LogP contribution < -0.4 is 5.32 Å². The van der Waals surface area contributed by atoms with Crippen LogP contribution in [0.4, 0.5) is 0 Å². The van der Waals surface area contributed by atoms with Crippen molar-refractivity contribution in [1.82, 2.24) is 10.2 Å². The lowest BCUT2D eigenvalue weighted by Gasteiger charge is -2.20. The number of likely N-dealkylation sites (N-methyl/N-ethyl adjacent to an activating group) is 2. The Labute approximate surface area is 85.9 Å². The molecule has 0 aliphatic rings. The average Bonchev–Trinajstić information content (AvgIpc) is 2.15. The molecule has 0 radical (unpaired) electrons. The highest BCUT2D eigenvalue weighted by Crippen LogP contribution is 2.18. The Morgan fingerprint density at radius 2 is 2.14 bits per heavy atom. The highest BCUT2D eigenvalue weighted by molar-refractivity contribution is 5.77. The van der Waals surface area contributed by atoms with Gasteiger partial charge in [-0.25, -0.2) is 0 Å². The van der Waals surface area contributed by atoms with Gasteiger partial charge in [-0.3, -0.25) is 9.69 Å². The number of hydrogen-bond donors (Lipinski definition) is 1. The normalized spacial score (nSPS) is 11.1. The fourth-order valence-corrected chi connectivity index (χ4v) is 0.930. The first-order valence-corrected chi connectivity index (χ1v) is 4.71. The van der Waals surface area contributed by atoms with Crippen molar-refractivity contribution in [1.29, 1.82) is 5.26 Å². The minimum atomic E-state index is -0.309. The number of nitrogens with one attached hydrogen (secondary N) is 1. The Morgan fingerprint density at radius 3 is 2.57 bits per heavy atom. The molecule has 0 saturated heterocycles. The van der Waals surface area contributed by atoms with Crippen molar-refractivity contribution >= 4 is 5.91 Å². The van der Waals surface area contributed by atoms with Crippen LogP contribution in [0, 0.1) is 16.7 Å². The van der Waals surface area contributed by atoms with E-state index in [1.807, 2.05) is 25.8 Å². The Hall–Kier alpha value is -1.08. The van der Waals surface area contributed by atoms with Crippen LogP contribution >= 0.6 is 0 Å². The molecule has 0 fully saturated rings. The second kappa shape index (κ2) is 5.61. The summed E-state index contributed by atoms with van der Waals surface area (Å²) in [5.41, 5.74) is -0.309. The summed E-state index contributed by atoms with van der Waals surface area (Å²) in [5.74, 6) is 0.00210. The van der Waals surface area contributed by atoms with Gasteiger partial charge in [0, 0.05) is 7.05 Å². The molecule has 1 N–H and O–H groups in total. The number of nitriles is 1. The molecule has 0 heterocycles. The molecular weight excluding hydrogens is 178 g/mol. The predicted octanol–water partition coefficient (Wildman–Crippen LogP) is 0.604. The Kier molecular flexibility index (Phi) is 5.18. The molecule has 80 valence electrons. The second-order valence-corrected chi connectivity index (χ2v) is 4.16. The molecule has 0 aliphatic carbocycles.